The Morgan fingerprint density at radius 2 is 2.00 bits per heavy atom. The number of aryl methyl sites for hydroxylation is 1. The maximum Gasteiger partial charge on any atom is 0.160 e. The SMILES string of the molecule is CCC(CC)Cn1c(C(C)Cl)nc2cc(C)cnc21. The van der Waals surface area contributed by atoms with Gasteiger partial charge in [0.15, 0.2) is 5.65 Å². The fourth-order valence-corrected chi connectivity index (χ4v) is 2.58. The number of hydrogen-bond acceptors (Lipinski definition) is 2. The third-order valence-corrected chi connectivity index (χ3v) is 3.90. The highest BCUT2D eigenvalue weighted by Gasteiger charge is 2.18. The Kier molecular flexibility index (Phi) is 4.46. The minimum Gasteiger partial charge on any atom is -0.311 e. The van der Waals surface area contributed by atoms with E-state index in [1.807, 2.05) is 20.0 Å². The third kappa shape index (κ3) is 2.92. The summed E-state index contributed by atoms with van der Waals surface area (Å²) in [4.78, 5) is 9.21. The molecule has 2 rings (SSSR count). The van der Waals surface area contributed by atoms with E-state index >= 15 is 0 Å². The monoisotopic (exact) mass is 279 g/mol. The summed E-state index contributed by atoms with van der Waals surface area (Å²) in [6.07, 6.45) is 4.23. The molecular weight excluding hydrogens is 258 g/mol. The van der Waals surface area contributed by atoms with Crippen molar-refractivity contribution >= 4 is 22.8 Å². The van der Waals surface area contributed by atoms with Gasteiger partial charge in [-0.15, -0.1) is 11.6 Å². The Bertz CT molecular complexity index is 556. The fraction of sp³-hybridized carbons (Fsp3) is 0.600. The van der Waals surface area contributed by atoms with Gasteiger partial charge in [-0.2, -0.15) is 0 Å². The van der Waals surface area contributed by atoms with Crippen molar-refractivity contribution in [2.24, 2.45) is 5.92 Å². The molecule has 104 valence electrons. The molecular formula is C15H22ClN3. The quantitative estimate of drug-likeness (QED) is 0.756. The first-order valence-corrected chi connectivity index (χ1v) is 7.47. The van der Waals surface area contributed by atoms with Gasteiger partial charge in [0.2, 0.25) is 0 Å². The van der Waals surface area contributed by atoms with Crippen molar-refractivity contribution in [1.82, 2.24) is 14.5 Å². The van der Waals surface area contributed by atoms with Crippen molar-refractivity contribution in [2.45, 2.75) is 52.5 Å². The van der Waals surface area contributed by atoms with Crippen LogP contribution in [0.4, 0.5) is 0 Å². The lowest BCUT2D eigenvalue weighted by Gasteiger charge is -2.16. The molecule has 0 saturated carbocycles. The predicted octanol–water partition coefficient (Wildman–Crippen LogP) is 4.48. The Morgan fingerprint density at radius 3 is 2.58 bits per heavy atom. The van der Waals surface area contributed by atoms with Gasteiger partial charge in [-0.3, -0.25) is 0 Å². The molecule has 19 heavy (non-hydrogen) atoms. The lowest BCUT2D eigenvalue weighted by atomic mass is 10.0. The Balaban J connectivity index is 2.52. The number of hydrogen-bond donors (Lipinski definition) is 0. The van der Waals surface area contributed by atoms with E-state index in [2.05, 4.69) is 34.4 Å². The van der Waals surface area contributed by atoms with Crippen LogP contribution >= 0.6 is 11.6 Å². The van der Waals surface area contributed by atoms with Gasteiger partial charge in [0, 0.05) is 12.7 Å². The van der Waals surface area contributed by atoms with Gasteiger partial charge in [-0.05, 0) is 31.4 Å². The molecule has 0 aromatic carbocycles. The molecule has 4 heteroatoms. The van der Waals surface area contributed by atoms with Crippen LogP contribution in [0.25, 0.3) is 11.2 Å². The number of halogens is 1. The molecule has 0 saturated heterocycles. The second-order valence-corrected chi connectivity index (χ2v) is 5.89. The maximum atomic E-state index is 6.28. The zero-order chi connectivity index (χ0) is 14.0. The zero-order valence-electron chi connectivity index (χ0n) is 12.2. The van der Waals surface area contributed by atoms with Crippen molar-refractivity contribution in [3.05, 3.63) is 23.7 Å². The number of aromatic nitrogens is 3. The molecule has 0 aliphatic rings. The largest absolute Gasteiger partial charge is 0.311 e. The predicted molar refractivity (Wildman–Crippen MR) is 80.6 cm³/mol. The second kappa shape index (κ2) is 5.91. The Hall–Kier alpha value is -1.09. The van der Waals surface area contributed by atoms with Crippen molar-refractivity contribution in [1.29, 1.82) is 0 Å². The molecule has 0 bridgehead atoms. The zero-order valence-corrected chi connectivity index (χ0v) is 12.9. The summed E-state index contributed by atoms with van der Waals surface area (Å²) < 4.78 is 2.20. The molecule has 0 aliphatic heterocycles. The highest BCUT2D eigenvalue weighted by atomic mass is 35.5. The van der Waals surface area contributed by atoms with Crippen molar-refractivity contribution in [3.63, 3.8) is 0 Å². The summed E-state index contributed by atoms with van der Waals surface area (Å²) in [6, 6.07) is 2.08. The van der Waals surface area contributed by atoms with Gasteiger partial charge in [-0.1, -0.05) is 26.7 Å². The van der Waals surface area contributed by atoms with Crippen LogP contribution in [0, 0.1) is 12.8 Å². The molecule has 2 heterocycles. The molecule has 2 aromatic rings. The number of fused-ring (bicyclic) bond motifs is 1. The molecule has 0 amide bonds. The Morgan fingerprint density at radius 1 is 1.32 bits per heavy atom. The first kappa shape index (κ1) is 14.3. The number of imidazole rings is 1. The normalized spacial score (nSPS) is 13.4. The van der Waals surface area contributed by atoms with Crippen molar-refractivity contribution in [2.75, 3.05) is 0 Å². The van der Waals surface area contributed by atoms with E-state index in [9.17, 15) is 0 Å². The average molecular weight is 280 g/mol. The molecule has 1 unspecified atom stereocenters. The smallest absolute Gasteiger partial charge is 0.160 e. The van der Waals surface area contributed by atoms with Crippen LogP contribution in [0.3, 0.4) is 0 Å². The van der Waals surface area contributed by atoms with E-state index in [0.29, 0.717) is 5.92 Å². The van der Waals surface area contributed by atoms with E-state index in [-0.39, 0.29) is 5.38 Å². The molecule has 0 radical (unpaired) electrons. The van der Waals surface area contributed by atoms with Crippen molar-refractivity contribution < 1.29 is 0 Å². The minimum absolute atomic E-state index is 0.0936. The van der Waals surface area contributed by atoms with Crippen LogP contribution < -0.4 is 0 Å². The van der Waals surface area contributed by atoms with Crippen molar-refractivity contribution in [3.8, 4) is 0 Å². The fourth-order valence-electron chi connectivity index (χ4n) is 2.42. The van der Waals surface area contributed by atoms with E-state index in [1.165, 1.54) is 0 Å². The van der Waals surface area contributed by atoms with Gasteiger partial charge in [-0.25, -0.2) is 9.97 Å². The average Bonchev–Trinajstić information content (AvgIpc) is 2.73. The first-order valence-electron chi connectivity index (χ1n) is 7.03. The van der Waals surface area contributed by atoms with Gasteiger partial charge in [0.1, 0.15) is 11.3 Å². The molecule has 0 fully saturated rings. The molecule has 0 spiro atoms. The van der Waals surface area contributed by atoms with Crippen LogP contribution in [0.2, 0.25) is 0 Å². The van der Waals surface area contributed by atoms with E-state index in [0.717, 1.165) is 41.9 Å². The van der Waals surface area contributed by atoms with Crippen LogP contribution in [-0.2, 0) is 6.54 Å². The van der Waals surface area contributed by atoms with Gasteiger partial charge < -0.3 is 4.57 Å². The maximum absolute atomic E-state index is 6.28. The van der Waals surface area contributed by atoms with Crippen LogP contribution in [0.15, 0.2) is 12.3 Å². The highest BCUT2D eigenvalue weighted by Crippen LogP contribution is 2.26. The summed E-state index contributed by atoms with van der Waals surface area (Å²) in [5.41, 5.74) is 3.04. The Labute approximate surface area is 120 Å². The second-order valence-electron chi connectivity index (χ2n) is 5.23. The summed E-state index contributed by atoms with van der Waals surface area (Å²) in [7, 11) is 0. The minimum atomic E-state index is -0.0936. The molecule has 1 atom stereocenters. The standard InChI is InChI=1S/C15H22ClN3/c1-5-12(6-2)9-19-14(11(4)16)18-13-7-10(3)8-17-15(13)19/h7-8,11-12H,5-6,9H2,1-4H3. The lowest BCUT2D eigenvalue weighted by Crippen LogP contribution is -2.13. The number of nitrogens with zero attached hydrogens (tertiary/aromatic N) is 3. The molecule has 0 N–H and O–H groups in total. The number of pyridine rings is 1. The van der Waals surface area contributed by atoms with E-state index in [4.69, 9.17) is 11.6 Å². The number of rotatable bonds is 5. The molecule has 2 aromatic heterocycles. The van der Waals surface area contributed by atoms with E-state index < -0.39 is 0 Å². The van der Waals surface area contributed by atoms with Gasteiger partial charge in [0.25, 0.3) is 0 Å². The first-order chi connectivity index (χ1) is 9.06. The van der Waals surface area contributed by atoms with Crippen LogP contribution in [-0.4, -0.2) is 14.5 Å². The number of alkyl halides is 1. The summed E-state index contributed by atoms with van der Waals surface area (Å²) >= 11 is 6.28. The highest BCUT2D eigenvalue weighted by molar-refractivity contribution is 6.20. The summed E-state index contributed by atoms with van der Waals surface area (Å²) in [6.45, 7) is 9.42. The molecule has 0 aliphatic carbocycles. The van der Waals surface area contributed by atoms with E-state index in [1.54, 1.807) is 0 Å². The lowest BCUT2D eigenvalue weighted by molar-refractivity contribution is 0.415. The topological polar surface area (TPSA) is 30.7 Å². The van der Waals surface area contributed by atoms with Gasteiger partial charge >= 0.3 is 0 Å². The summed E-state index contributed by atoms with van der Waals surface area (Å²) in [5, 5.41) is -0.0936. The molecule has 3 nitrogen and oxygen atoms in total. The van der Waals surface area contributed by atoms with Gasteiger partial charge in [0.05, 0.1) is 5.38 Å². The third-order valence-electron chi connectivity index (χ3n) is 3.70. The summed E-state index contributed by atoms with van der Waals surface area (Å²) in [5.74, 6) is 1.58. The van der Waals surface area contributed by atoms with Crippen LogP contribution in [0.1, 0.15) is 50.4 Å². The van der Waals surface area contributed by atoms with Crippen LogP contribution in [0.5, 0.6) is 0 Å².